The van der Waals surface area contributed by atoms with Crippen LogP contribution in [0.3, 0.4) is 0 Å². The maximum atomic E-state index is 12.6. The molecule has 2 amide bonds. The highest BCUT2D eigenvalue weighted by Crippen LogP contribution is 2.27. The molecule has 0 aromatic heterocycles. The fourth-order valence-corrected chi connectivity index (χ4v) is 2.99. The molecule has 130 valence electrons. The summed E-state index contributed by atoms with van der Waals surface area (Å²) in [7, 11) is -1.46. The summed E-state index contributed by atoms with van der Waals surface area (Å²) < 4.78 is 19.7. The van der Waals surface area contributed by atoms with Gasteiger partial charge in [0.15, 0.2) is 0 Å². The van der Waals surface area contributed by atoms with Crippen molar-refractivity contribution in [1.29, 1.82) is 0 Å². The van der Waals surface area contributed by atoms with Gasteiger partial charge in [0.1, 0.15) is 22.1 Å². The van der Waals surface area contributed by atoms with E-state index in [1.165, 1.54) is 12.2 Å². The van der Waals surface area contributed by atoms with E-state index in [1.54, 1.807) is 27.7 Å². The monoisotopic (exact) mass is 342 g/mol. The molecule has 0 aromatic rings. The number of amides is 2. The van der Waals surface area contributed by atoms with Gasteiger partial charge in [-0.25, -0.2) is 9.00 Å². The van der Waals surface area contributed by atoms with Crippen molar-refractivity contribution in [3.63, 3.8) is 0 Å². The van der Waals surface area contributed by atoms with Gasteiger partial charge in [0.25, 0.3) is 5.91 Å². The van der Waals surface area contributed by atoms with Gasteiger partial charge >= 0.3 is 6.09 Å². The summed E-state index contributed by atoms with van der Waals surface area (Å²) >= 11 is 0. The van der Waals surface area contributed by atoms with E-state index < -0.39 is 40.0 Å². The van der Waals surface area contributed by atoms with E-state index in [-0.39, 0.29) is 5.25 Å². The molecule has 0 heterocycles. The van der Waals surface area contributed by atoms with E-state index in [1.807, 2.05) is 0 Å². The van der Waals surface area contributed by atoms with Crippen LogP contribution >= 0.6 is 0 Å². The van der Waals surface area contributed by atoms with Crippen molar-refractivity contribution in [1.82, 2.24) is 10.0 Å². The topological polar surface area (TPSA) is 84.5 Å². The van der Waals surface area contributed by atoms with E-state index in [9.17, 15) is 13.8 Å². The Morgan fingerprint density at radius 1 is 1.30 bits per heavy atom. The third kappa shape index (κ3) is 5.20. The predicted molar refractivity (Wildman–Crippen MR) is 91.0 cm³/mol. The molecule has 0 spiro atoms. The van der Waals surface area contributed by atoms with E-state index in [4.69, 9.17) is 4.74 Å². The second-order valence-electron chi connectivity index (χ2n) is 6.65. The number of carbonyl (C=O) groups excluding carboxylic acids is 2. The Bertz CT molecular complexity index is 523. The second kappa shape index (κ2) is 7.29. The molecule has 0 saturated heterocycles. The maximum Gasteiger partial charge on any atom is 0.408 e. The summed E-state index contributed by atoms with van der Waals surface area (Å²) in [6.07, 6.45) is 3.74. The molecular weight excluding hydrogens is 316 g/mol. The number of alkyl carbamates (subject to hydrolysis) is 1. The summed E-state index contributed by atoms with van der Waals surface area (Å²) in [4.78, 5) is 24.8. The number of ether oxygens (including phenoxy) is 1. The lowest BCUT2D eigenvalue weighted by Crippen LogP contribution is -2.61. The van der Waals surface area contributed by atoms with E-state index in [0.29, 0.717) is 0 Å². The zero-order valence-corrected chi connectivity index (χ0v) is 15.0. The van der Waals surface area contributed by atoms with Crippen LogP contribution in [0.2, 0.25) is 0 Å². The minimum Gasteiger partial charge on any atom is -0.444 e. The first-order valence-electron chi connectivity index (χ1n) is 7.54. The molecule has 0 aliphatic heterocycles. The standard InChI is InChI=1S/C16H26N2O4S/c1-7-11(3)16(8-2,17-14(20)22-15(4,5)6)13(19)18-23(21)12-9-10-12/h7-8,11-12H,1-2,9-10H2,3-6H3,(H,17,20)(H,18,19). The fraction of sp³-hybridized carbons (Fsp3) is 0.625. The van der Waals surface area contributed by atoms with Crippen LogP contribution in [0.1, 0.15) is 40.5 Å². The van der Waals surface area contributed by atoms with Crippen molar-refractivity contribution in [2.75, 3.05) is 0 Å². The van der Waals surface area contributed by atoms with Crippen LogP contribution in [0.25, 0.3) is 0 Å². The quantitative estimate of drug-likeness (QED) is 0.695. The first kappa shape index (κ1) is 19.4. The zero-order chi connectivity index (χ0) is 17.8. The summed E-state index contributed by atoms with van der Waals surface area (Å²) in [5.41, 5.74) is -2.18. The number of hydrogen-bond acceptors (Lipinski definition) is 4. The Labute approximate surface area is 140 Å². The van der Waals surface area contributed by atoms with E-state index in [0.717, 1.165) is 12.8 Å². The van der Waals surface area contributed by atoms with Gasteiger partial charge in [-0.3, -0.25) is 9.52 Å². The smallest absolute Gasteiger partial charge is 0.408 e. The van der Waals surface area contributed by atoms with Crippen LogP contribution in [-0.4, -0.2) is 32.6 Å². The van der Waals surface area contributed by atoms with Gasteiger partial charge in [0, 0.05) is 5.92 Å². The summed E-state index contributed by atoms with van der Waals surface area (Å²) in [6.45, 7) is 14.2. The molecule has 3 atom stereocenters. The van der Waals surface area contributed by atoms with Crippen molar-refractivity contribution in [3.8, 4) is 0 Å². The van der Waals surface area contributed by atoms with Crippen LogP contribution in [0.15, 0.2) is 25.3 Å². The Hall–Kier alpha value is -1.63. The summed E-state index contributed by atoms with van der Waals surface area (Å²) in [5.74, 6) is -1.06. The molecule has 0 aromatic carbocycles. The third-order valence-electron chi connectivity index (χ3n) is 3.50. The molecule has 23 heavy (non-hydrogen) atoms. The van der Waals surface area contributed by atoms with Crippen LogP contribution in [0, 0.1) is 5.92 Å². The largest absolute Gasteiger partial charge is 0.444 e. The van der Waals surface area contributed by atoms with Crippen molar-refractivity contribution in [2.45, 2.75) is 56.9 Å². The van der Waals surface area contributed by atoms with Crippen molar-refractivity contribution < 1.29 is 18.5 Å². The first-order chi connectivity index (χ1) is 10.6. The van der Waals surface area contributed by atoms with E-state index in [2.05, 4.69) is 23.2 Å². The molecule has 3 unspecified atom stereocenters. The minimum absolute atomic E-state index is 0.0120. The molecule has 1 saturated carbocycles. The molecule has 1 aliphatic rings. The van der Waals surface area contributed by atoms with Gasteiger partial charge in [-0.05, 0) is 33.6 Å². The Morgan fingerprint density at radius 3 is 2.26 bits per heavy atom. The maximum absolute atomic E-state index is 12.6. The predicted octanol–water partition coefficient (Wildman–Crippen LogP) is 2.20. The van der Waals surface area contributed by atoms with Gasteiger partial charge in [0.2, 0.25) is 0 Å². The molecule has 2 N–H and O–H groups in total. The molecule has 1 aliphatic carbocycles. The van der Waals surface area contributed by atoms with E-state index >= 15 is 0 Å². The number of hydrogen-bond donors (Lipinski definition) is 2. The molecular formula is C16H26N2O4S. The Kier molecular flexibility index (Phi) is 6.16. The molecule has 1 fully saturated rings. The normalized spacial score (nSPS) is 19.7. The second-order valence-corrected chi connectivity index (χ2v) is 8.12. The zero-order valence-electron chi connectivity index (χ0n) is 14.2. The summed E-state index contributed by atoms with van der Waals surface area (Å²) in [6, 6.07) is 0. The van der Waals surface area contributed by atoms with Gasteiger partial charge in [0.05, 0.1) is 5.25 Å². The number of carbonyl (C=O) groups is 2. The van der Waals surface area contributed by atoms with Gasteiger partial charge in [-0.1, -0.05) is 19.1 Å². The van der Waals surface area contributed by atoms with Gasteiger partial charge in [-0.2, -0.15) is 0 Å². The van der Waals surface area contributed by atoms with Crippen molar-refractivity contribution in [2.24, 2.45) is 5.92 Å². The molecule has 0 radical (unpaired) electrons. The highest BCUT2D eigenvalue weighted by atomic mass is 32.2. The van der Waals surface area contributed by atoms with Crippen molar-refractivity contribution >= 4 is 23.0 Å². The lowest BCUT2D eigenvalue weighted by molar-refractivity contribution is -0.125. The highest BCUT2D eigenvalue weighted by Gasteiger charge is 2.44. The fourth-order valence-electron chi connectivity index (χ4n) is 1.91. The minimum atomic E-state index is -1.48. The lowest BCUT2D eigenvalue weighted by atomic mass is 9.84. The molecule has 0 bridgehead atoms. The van der Waals surface area contributed by atoms with Crippen LogP contribution in [-0.2, 0) is 20.5 Å². The van der Waals surface area contributed by atoms with Crippen molar-refractivity contribution in [3.05, 3.63) is 25.3 Å². The third-order valence-corrected chi connectivity index (χ3v) is 4.96. The molecule has 1 rings (SSSR count). The molecule has 7 heteroatoms. The SMILES string of the molecule is C=CC(C)C(C=C)(NC(=O)OC(C)(C)C)C(=O)NS(=O)C1CC1. The number of nitrogens with one attached hydrogen (secondary N) is 2. The summed E-state index contributed by atoms with van der Waals surface area (Å²) in [5, 5.41) is 2.54. The lowest BCUT2D eigenvalue weighted by Gasteiger charge is -2.34. The van der Waals surface area contributed by atoms with Crippen LogP contribution in [0.5, 0.6) is 0 Å². The van der Waals surface area contributed by atoms with Crippen LogP contribution < -0.4 is 10.0 Å². The van der Waals surface area contributed by atoms with Crippen LogP contribution in [0.4, 0.5) is 4.79 Å². The average Bonchev–Trinajstić information content (AvgIpc) is 3.26. The number of rotatable bonds is 7. The van der Waals surface area contributed by atoms with Gasteiger partial charge in [-0.15, -0.1) is 13.2 Å². The first-order valence-corrected chi connectivity index (χ1v) is 8.76. The highest BCUT2D eigenvalue weighted by molar-refractivity contribution is 7.84. The molecule has 6 nitrogen and oxygen atoms in total. The van der Waals surface area contributed by atoms with Gasteiger partial charge < -0.3 is 10.1 Å². The Balaban J connectivity index is 2.98. The Morgan fingerprint density at radius 2 is 1.87 bits per heavy atom. The average molecular weight is 342 g/mol.